The van der Waals surface area contributed by atoms with Gasteiger partial charge in [-0.2, -0.15) is 0 Å². The number of Topliss-reactive ketones (excluding diaryl/α,β-unsaturated/α-hetero) is 1. The maximum absolute atomic E-state index is 11.7. The zero-order valence-corrected chi connectivity index (χ0v) is 11.0. The van der Waals surface area contributed by atoms with E-state index in [1.807, 2.05) is 6.92 Å². The van der Waals surface area contributed by atoms with Crippen molar-refractivity contribution >= 4 is 15.8 Å². The van der Waals surface area contributed by atoms with Crippen molar-refractivity contribution in [2.24, 2.45) is 0 Å². The van der Waals surface area contributed by atoms with Crippen molar-refractivity contribution in [3.8, 4) is 0 Å². The number of nitrogens with one attached hydrogen (secondary N) is 1. The molecule has 0 heterocycles. The van der Waals surface area contributed by atoms with Gasteiger partial charge < -0.3 is 5.11 Å². The molecule has 0 radical (unpaired) electrons. The van der Waals surface area contributed by atoms with Crippen molar-refractivity contribution < 1.29 is 18.3 Å². The number of hydrogen-bond acceptors (Lipinski definition) is 4. The molecule has 0 atom stereocenters. The highest BCUT2D eigenvalue weighted by molar-refractivity contribution is 7.89. The summed E-state index contributed by atoms with van der Waals surface area (Å²) in [6, 6.07) is 5.79. The third-order valence-electron chi connectivity index (χ3n) is 2.37. The van der Waals surface area contributed by atoms with Gasteiger partial charge in [-0.25, -0.2) is 13.1 Å². The molecule has 2 N–H and O–H groups in total. The highest BCUT2D eigenvalue weighted by Crippen LogP contribution is 2.12. The first-order valence-corrected chi connectivity index (χ1v) is 7.23. The molecule has 0 spiro atoms. The maximum Gasteiger partial charge on any atom is 0.240 e. The van der Waals surface area contributed by atoms with Gasteiger partial charge >= 0.3 is 0 Å². The van der Waals surface area contributed by atoms with Crippen molar-refractivity contribution in [3.05, 3.63) is 29.8 Å². The zero-order valence-electron chi connectivity index (χ0n) is 10.2. The van der Waals surface area contributed by atoms with Crippen LogP contribution in [0.15, 0.2) is 29.2 Å². The highest BCUT2D eigenvalue weighted by atomic mass is 32.2. The van der Waals surface area contributed by atoms with E-state index in [0.717, 1.165) is 6.42 Å². The summed E-state index contributed by atoms with van der Waals surface area (Å²) in [5.41, 5.74) is 0.512. The molecule has 0 saturated carbocycles. The Hall–Kier alpha value is -1.24. The Kier molecular flexibility index (Phi) is 5.46. The summed E-state index contributed by atoms with van der Waals surface area (Å²) in [6.07, 6.45) is 1.21. The van der Waals surface area contributed by atoms with Gasteiger partial charge in [-0.15, -0.1) is 0 Å². The number of benzene rings is 1. The normalized spacial score (nSPS) is 11.4. The molecule has 0 amide bonds. The van der Waals surface area contributed by atoms with Crippen LogP contribution in [0.4, 0.5) is 0 Å². The van der Waals surface area contributed by atoms with Crippen molar-refractivity contribution in [3.63, 3.8) is 0 Å². The van der Waals surface area contributed by atoms with Crippen LogP contribution in [0.3, 0.4) is 0 Å². The minimum Gasteiger partial charge on any atom is -0.395 e. The number of hydrogen-bond donors (Lipinski definition) is 2. The largest absolute Gasteiger partial charge is 0.395 e. The second kappa shape index (κ2) is 6.63. The molecule has 0 aliphatic rings. The number of carbonyl (C=O) groups excluding carboxylic acids is 1. The van der Waals surface area contributed by atoms with E-state index in [4.69, 9.17) is 5.11 Å². The van der Waals surface area contributed by atoms with Gasteiger partial charge in [0.25, 0.3) is 0 Å². The first kappa shape index (κ1) is 14.8. The fraction of sp³-hybridized carbons (Fsp3) is 0.417. The fourth-order valence-corrected chi connectivity index (χ4v) is 2.48. The Morgan fingerprint density at radius 1 is 1.28 bits per heavy atom. The number of sulfonamides is 1. The van der Waals surface area contributed by atoms with Crippen molar-refractivity contribution in [2.75, 3.05) is 13.2 Å². The average molecular weight is 271 g/mol. The predicted molar refractivity (Wildman–Crippen MR) is 68.0 cm³/mol. The summed E-state index contributed by atoms with van der Waals surface area (Å²) in [5.74, 6) is 0.00441. The lowest BCUT2D eigenvalue weighted by atomic mass is 10.1. The van der Waals surface area contributed by atoms with Gasteiger partial charge in [-0.05, 0) is 18.6 Å². The lowest BCUT2D eigenvalue weighted by Gasteiger charge is -2.06. The number of aliphatic hydroxyl groups excluding tert-OH is 1. The molecule has 1 aromatic rings. The molecular weight excluding hydrogens is 254 g/mol. The van der Waals surface area contributed by atoms with E-state index >= 15 is 0 Å². The highest BCUT2D eigenvalue weighted by Gasteiger charge is 2.13. The van der Waals surface area contributed by atoms with Crippen LogP contribution in [0.5, 0.6) is 0 Å². The quantitative estimate of drug-likeness (QED) is 0.723. The minimum absolute atomic E-state index is 0.00441. The average Bonchev–Trinajstić information content (AvgIpc) is 2.37. The molecule has 18 heavy (non-hydrogen) atoms. The van der Waals surface area contributed by atoms with E-state index in [-0.39, 0.29) is 23.8 Å². The lowest BCUT2D eigenvalue weighted by molar-refractivity contribution is 0.0981. The van der Waals surface area contributed by atoms with Crippen LogP contribution in [0.25, 0.3) is 0 Å². The van der Waals surface area contributed by atoms with Crippen LogP contribution >= 0.6 is 0 Å². The maximum atomic E-state index is 11.7. The second-order valence-corrected chi connectivity index (χ2v) is 5.59. The Bertz CT molecular complexity index is 493. The molecule has 6 heteroatoms. The van der Waals surface area contributed by atoms with Crippen molar-refractivity contribution in [1.29, 1.82) is 0 Å². The molecule has 0 aliphatic carbocycles. The number of rotatable bonds is 7. The van der Waals surface area contributed by atoms with Crippen LogP contribution in [0, 0.1) is 0 Å². The van der Waals surface area contributed by atoms with Gasteiger partial charge in [-0.3, -0.25) is 4.79 Å². The predicted octanol–water partition coefficient (Wildman–Crippen LogP) is 0.940. The van der Waals surface area contributed by atoms with Crippen LogP contribution < -0.4 is 4.72 Å². The van der Waals surface area contributed by atoms with Crippen LogP contribution in [0.1, 0.15) is 30.1 Å². The Balaban J connectivity index is 2.85. The summed E-state index contributed by atoms with van der Waals surface area (Å²) in [4.78, 5) is 11.7. The van der Waals surface area contributed by atoms with Gasteiger partial charge in [-0.1, -0.05) is 19.1 Å². The third-order valence-corrected chi connectivity index (χ3v) is 3.84. The van der Waals surface area contributed by atoms with Crippen molar-refractivity contribution in [1.82, 2.24) is 4.72 Å². The SMILES string of the molecule is CCCC(=O)c1ccc(S(=O)(=O)NCCO)cc1. The molecule has 0 fully saturated rings. The molecular formula is C12H17NO4S. The van der Waals surface area contributed by atoms with E-state index in [2.05, 4.69) is 4.72 Å². The summed E-state index contributed by atoms with van der Waals surface area (Å²) in [6.45, 7) is 1.63. The number of ketones is 1. The Morgan fingerprint density at radius 3 is 2.39 bits per heavy atom. The smallest absolute Gasteiger partial charge is 0.240 e. The monoisotopic (exact) mass is 271 g/mol. The second-order valence-electron chi connectivity index (χ2n) is 3.82. The molecule has 0 aliphatic heterocycles. The molecule has 5 nitrogen and oxygen atoms in total. The molecule has 0 bridgehead atoms. The summed E-state index contributed by atoms with van der Waals surface area (Å²) < 4.78 is 25.6. The van der Waals surface area contributed by atoms with Crippen LogP contribution in [-0.4, -0.2) is 32.5 Å². The summed E-state index contributed by atoms with van der Waals surface area (Å²) in [5, 5.41) is 8.58. The molecule has 1 aromatic carbocycles. The molecule has 0 saturated heterocycles. The van der Waals surface area contributed by atoms with Gasteiger partial charge in [0, 0.05) is 18.5 Å². The van der Waals surface area contributed by atoms with Gasteiger partial charge in [0.15, 0.2) is 5.78 Å². The topological polar surface area (TPSA) is 83.5 Å². The number of carbonyl (C=O) groups is 1. The minimum atomic E-state index is -3.60. The van der Waals surface area contributed by atoms with Gasteiger partial charge in [0.1, 0.15) is 0 Å². The molecule has 1 rings (SSSR count). The molecule has 0 aromatic heterocycles. The van der Waals surface area contributed by atoms with E-state index < -0.39 is 10.0 Å². The Morgan fingerprint density at radius 2 is 1.89 bits per heavy atom. The van der Waals surface area contributed by atoms with E-state index in [1.54, 1.807) is 0 Å². The zero-order chi connectivity index (χ0) is 13.6. The fourth-order valence-electron chi connectivity index (χ4n) is 1.45. The van der Waals surface area contributed by atoms with Crippen LogP contribution in [-0.2, 0) is 10.0 Å². The third kappa shape index (κ3) is 3.90. The molecule has 100 valence electrons. The summed E-state index contributed by atoms with van der Waals surface area (Å²) in [7, 11) is -3.60. The van der Waals surface area contributed by atoms with E-state index in [9.17, 15) is 13.2 Å². The lowest BCUT2D eigenvalue weighted by Crippen LogP contribution is -2.26. The first-order valence-electron chi connectivity index (χ1n) is 5.75. The van der Waals surface area contributed by atoms with Gasteiger partial charge in [0.05, 0.1) is 11.5 Å². The van der Waals surface area contributed by atoms with E-state index in [0.29, 0.717) is 12.0 Å². The number of aliphatic hydroxyl groups is 1. The van der Waals surface area contributed by atoms with Gasteiger partial charge in [0.2, 0.25) is 10.0 Å². The Labute approximate surface area is 107 Å². The summed E-state index contributed by atoms with van der Waals surface area (Å²) >= 11 is 0. The standard InChI is InChI=1S/C12H17NO4S/c1-2-3-12(15)10-4-6-11(7-5-10)18(16,17)13-8-9-14/h4-7,13-14H,2-3,8-9H2,1H3. The van der Waals surface area contributed by atoms with Crippen molar-refractivity contribution in [2.45, 2.75) is 24.7 Å². The first-order chi connectivity index (χ1) is 8.51. The molecule has 0 unspecified atom stereocenters. The van der Waals surface area contributed by atoms with Crippen LogP contribution in [0.2, 0.25) is 0 Å². The van der Waals surface area contributed by atoms with E-state index in [1.165, 1.54) is 24.3 Å².